The zero-order valence-corrected chi connectivity index (χ0v) is 15.4. The second-order valence-electron chi connectivity index (χ2n) is 6.35. The number of halogens is 4. The first kappa shape index (κ1) is 18.3. The Labute approximate surface area is 154 Å². The molecule has 1 aromatic carbocycles. The van der Waals surface area contributed by atoms with Gasteiger partial charge in [0.15, 0.2) is 0 Å². The van der Waals surface area contributed by atoms with E-state index in [-0.39, 0.29) is 28.0 Å². The summed E-state index contributed by atoms with van der Waals surface area (Å²) in [5.74, 6) is -1.09. The topological polar surface area (TPSA) is 20.3 Å². The molecule has 3 unspecified atom stereocenters. The lowest BCUT2D eigenvalue weighted by Gasteiger charge is -2.44. The molecule has 132 valence electrons. The lowest BCUT2D eigenvalue weighted by atomic mass is 9.91. The quantitative estimate of drug-likeness (QED) is 0.686. The minimum absolute atomic E-state index is 0.0531. The summed E-state index contributed by atoms with van der Waals surface area (Å²) in [5, 5.41) is -0.231. The number of amides is 1. The minimum atomic E-state index is -0.588. The van der Waals surface area contributed by atoms with Crippen LogP contribution < -0.4 is 0 Å². The van der Waals surface area contributed by atoms with Crippen molar-refractivity contribution >= 4 is 40.9 Å². The zero-order chi connectivity index (χ0) is 17.3. The minimum Gasteiger partial charge on any atom is -0.336 e. The number of benzene rings is 1. The lowest BCUT2D eigenvalue weighted by molar-refractivity contribution is -0.136. The second kappa shape index (κ2) is 7.79. The highest BCUT2D eigenvalue weighted by molar-refractivity contribution is 8.00. The number of hydrogen-bond acceptors (Lipinski definition) is 2. The maximum atomic E-state index is 13.9. The predicted molar refractivity (Wildman–Crippen MR) is 93.9 cm³/mol. The van der Waals surface area contributed by atoms with E-state index in [1.807, 2.05) is 0 Å². The van der Waals surface area contributed by atoms with E-state index in [1.165, 1.54) is 23.9 Å². The van der Waals surface area contributed by atoms with Gasteiger partial charge in [0.05, 0.1) is 16.8 Å². The largest absolute Gasteiger partial charge is 0.336 e. The highest BCUT2D eigenvalue weighted by Gasteiger charge is 2.40. The Bertz CT molecular complexity index is 608. The van der Waals surface area contributed by atoms with Gasteiger partial charge in [0, 0.05) is 29.2 Å². The van der Waals surface area contributed by atoms with E-state index >= 15 is 0 Å². The summed E-state index contributed by atoms with van der Waals surface area (Å²) in [6.45, 7) is 0.497. The van der Waals surface area contributed by atoms with Crippen molar-refractivity contribution in [3.63, 3.8) is 0 Å². The average molecular weight is 394 g/mol. The third-order valence-electron chi connectivity index (χ3n) is 4.65. The summed E-state index contributed by atoms with van der Waals surface area (Å²) in [6.07, 6.45) is 3.75. The SMILES string of the molecule is O=C1CCC(Sc2ccc(F)cc2F)CN1C1C(Cl)CCCC1Cl. The fraction of sp³-hybridized carbons (Fsp3) is 0.588. The first-order chi connectivity index (χ1) is 11.5. The van der Waals surface area contributed by atoms with Crippen LogP contribution in [0.15, 0.2) is 23.1 Å². The van der Waals surface area contributed by atoms with Gasteiger partial charge in [0.25, 0.3) is 0 Å². The van der Waals surface area contributed by atoms with Crippen LogP contribution in [-0.4, -0.2) is 39.4 Å². The van der Waals surface area contributed by atoms with E-state index < -0.39 is 11.6 Å². The number of nitrogens with zero attached hydrogens (tertiary/aromatic N) is 1. The molecule has 0 bridgehead atoms. The number of carbonyl (C=O) groups excluding carboxylic acids is 1. The summed E-state index contributed by atoms with van der Waals surface area (Å²) in [7, 11) is 0. The number of carbonyl (C=O) groups is 1. The molecular formula is C17H19Cl2F2NOS. The maximum Gasteiger partial charge on any atom is 0.222 e. The van der Waals surface area contributed by atoms with Gasteiger partial charge in [-0.15, -0.1) is 35.0 Å². The van der Waals surface area contributed by atoms with Crippen molar-refractivity contribution in [3.8, 4) is 0 Å². The van der Waals surface area contributed by atoms with Gasteiger partial charge in [0.2, 0.25) is 5.91 Å². The van der Waals surface area contributed by atoms with Crippen molar-refractivity contribution in [2.24, 2.45) is 0 Å². The Morgan fingerprint density at radius 3 is 2.50 bits per heavy atom. The summed E-state index contributed by atoms with van der Waals surface area (Å²) in [6, 6.07) is 3.42. The second-order valence-corrected chi connectivity index (χ2v) is 8.82. The van der Waals surface area contributed by atoms with E-state index in [9.17, 15) is 13.6 Å². The number of likely N-dealkylation sites (tertiary alicyclic amines) is 1. The van der Waals surface area contributed by atoms with Gasteiger partial charge in [-0.2, -0.15) is 0 Å². The van der Waals surface area contributed by atoms with E-state index in [0.717, 1.165) is 25.3 Å². The van der Waals surface area contributed by atoms with E-state index in [2.05, 4.69) is 0 Å². The normalized spacial score (nSPS) is 31.3. The summed E-state index contributed by atoms with van der Waals surface area (Å²) >= 11 is 14.2. The number of rotatable bonds is 3. The van der Waals surface area contributed by atoms with Gasteiger partial charge in [-0.05, 0) is 31.4 Å². The molecule has 2 nitrogen and oxygen atoms in total. The fourth-order valence-corrected chi connectivity index (χ4v) is 5.60. The molecule has 1 aliphatic heterocycles. The highest BCUT2D eigenvalue weighted by atomic mass is 35.5. The molecule has 3 atom stereocenters. The first-order valence-electron chi connectivity index (χ1n) is 8.15. The first-order valence-corrected chi connectivity index (χ1v) is 9.90. The molecule has 24 heavy (non-hydrogen) atoms. The molecule has 7 heteroatoms. The van der Waals surface area contributed by atoms with Crippen LogP contribution in [0.5, 0.6) is 0 Å². The molecule has 3 rings (SSSR count). The van der Waals surface area contributed by atoms with Crippen molar-refractivity contribution in [1.29, 1.82) is 0 Å². The van der Waals surface area contributed by atoms with Crippen molar-refractivity contribution < 1.29 is 13.6 Å². The van der Waals surface area contributed by atoms with E-state index in [4.69, 9.17) is 23.2 Å². The third kappa shape index (κ3) is 4.00. The molecule has 0 radical (unpaired) electrons. The average Bonchev–Trinajstić information content (AvgIpc) is 2.53. The smallest absolute Gasteiger partial charge is 0.222 e. The van der Waals surface area contributed by atoms with Crippen molar-refractivity contribution in [2.75, 3.05) is 6.54 Å². The van der Waals surface area contributed by atoms with E-state index in [1.54, 1.807) is 4.90 Å². The summed E-state index contributed by atoms with van der Waals surface area (Å²) < 4.78 is 26.9. The molecule has 0 spiro atoms. The van der Waals surface area contributed by atoms with Crippen molar-refractivity contribution in [2.45, 2.75) is 59.0 Å². The Morgan fingerprint density at radius 2 is 1.83 bits per heavy atom. The van der Waals surface area contributed by atoms with Crippen molar-refractivity contribution in [3.05, 3.63) is 29.8 Å². The van der Waals surface area contributed by atoms with E-state index in [0.29, 0.717) is 24.3 Å². The molecule has 1 aliphatic carbocycles. The Balaban J connectivity index is 1.72. The zero-order valence-electron chi connectivity index (χ0n) is 13.1. The number of hydrogen-bond donors (Lipinski definition) is 0. The Hall–Kier alpha value is -0.520. The number of thioether (sulfide) groups is 1. The molecule has 1 aromatic rings. The van der Waals surface area contributed by atoms with Crippen LogP contribution in [0.4, 0.5) is 8.78 Å². The van der Waals surface area contributed by atoms with Gasteiger partial charge in [-0.1, -0.05) is 6.42 Å². The van der Waals surface area contributed by atoms with Gasteiger partial charge in [-0.25, -0.2) is 8.78 Å². The molecule has 1 amide bonds. The maximum absolute atomic E-state index is 13.9. The molecule has 1 heterocycles. The van der Waals surface area contributed by atoms with Gasteiger partial charge in [-0.3, -0.25) is 4.79 Å². The van der Waals surface area contributed by atoms with Crippen LogP contribution in [0, 0.1) is 11.6 Å². The van der Waals surface area contributed by atoms with Crippen LogP contribution in [0.3, 0.4) is 0 Å². The molecule has 0 N–H and O–H groups in total. The van der Waals surface area contributed by atoms with Gasteiger partial charge < -0.3 is 4.90 Å². The number of piperidine rings is 1. The van der Waals surface area contributed by atoms with Crippen molar-refractivity contribution in [1.82, 2.24) is 4.90 Å². The molecular weight excluding hydrogens is 375 g/mol. The molecule has 2 fully saturated rings. The fourth-order valence-electron chi connectivity index (χ4n) is 3.44. The van der Waals surface area contributed by atoms with Gasteiger partial charge in [0.1, 0.15) is 11.6 Å². The summed E-state index contributed by atoms with van der Waals surface area (Å²) in [4.78, 5) is 14.6. The molecule has 0 aromatic heterocycles. The van der Waals surface area contributed by atoms with Crippen LogP contribution in [0.2, 0.25) is 0 Å². The lowest BCUT2D eigenvalue weighted by Crippen LogP contribution is -2.55. The van der Waals surface area contributed by atoms with Crippen LogP contribution in [0.25, 0.3) is 0 Å². The third-order valence-corrected chi connectivity index (χ3v) is 6.91. The summed E-state index contributed by atoms with van der Waals surface area (Å²) in [5.41, 5.74) is 0. The van der Waals surface area contributed by atoms with Crippen LogP contribution in [0.1, 0.15) is 32.1 Å². The monoisotopic (exact) mass is 393 g/mol. The van der Waals surface area contributed by atoms with Gasteiger partial charge >= 0.3 is 0 Å². The predicted octanol–water partition coefficient (Wildman–Crippen LogP) is 4.82. The van der Waals surface area contributed by atoms with Crippen LogP contribution >= 0.6 is 35.0 Å². The molecule has 2 aliphatic rings. The standard InChI is InChI=1S/C17H19Cl2F2NOS/c18-12-2-1-3-13(19)17(12)22-9-11(5-7-16(22)23)24-15-6-4-10(20)8-14(15)21/h4,6,8,11-13,17H,1-3,5,7,9H2. The molecule has 1 saturated carbocycles. The Morgan fingerprint density at radius 1 is 1.12 bits per heavy atom. The van der Waals surface area contributed by atoms with Crippen LogP contribution in [-0.2, 0) is 4.79 Å². The molecule has 1 saturated heterocycles. The number of alkyl halides is 2. The Kier molecular flexibility index (Phi) is 5.94. The highest BCUT2D eigenvalue weighted by Crippen LogP contribution is 2.37.